The molecule has 3 heterocycles. The number of carbonyl (C=O) groups excluding carboxylic acids is 1. The summed E-state index contributed by atoms with van der Waals surface area (Å²) in [5, 5.41) is 4.52. The first-order valence-electron chi connectivity index (χ1n) is 8.28. The van der Waals surface area contributed by atoms with Crippen LogP contribution in [-0.2, 0) is 13.0 Å². The molecule has 2 aromatic rings. The monoisotopic (exact) mass is 374 g/mol. The fraction of sp³-hybridized carbons (Fsp3) is 0.333. The number of fused-ring (bicyclic) bond motifs is 2. The van der Waals surface area contributed by atoms with Crippen molar-refractivity contribution in [2.24, 2.45) is 0 Å². The van der Waals surface area contributed by atoms with E-state index in [-0.39, 0.29) is 5.91 Å². The minimum Gasteiger partial charge on any atom is -0.397 e. The summed E-state index contributed by atoms with van der Waals surface area (Å²) in [5.74, 6) is -0.204. The molecule has 0 radical (unpaired) electrons. The molecule has 2 aromatic heterocycles. The van der Waals surface area contributed by atoms with Crippen LogP contribution < -0.4 is 11.1 Å². The van der Waals surface area contributed by atoms with Crippen molar-refractivity contribution in [3.05, 3.63) is 45.1 Å². The molecule has 0 spiro atoms. The summed E-state index contributed by atoms with van der Waals surface area (Å²) in [5.41, 5.74) is 9.82. The predicted molar refractivity (Wildman–Crippen MR) is 103 cm³/mol. The molecule has 25 heavy (non-hydrogen) atoms. The van der Waals surface area contributed by atoms with E-state index in [1.165, 1.54) is 16.9 Å². The van der Waals surface area contributed by atoms with Crippen molar-refractivity contribution in [2.75, 3.05) is 19.3 Å². The molecule has 7 heteroatoms. The SMILES string of the molecule is CN1CCc2nc3sc(C(=O)NC4=CCCC(Cl)=C4)c(N)c3cc2C1. The number of nitrogens with two attached hydrogens (primary N) is 1. The van der Waals surface area contributed by atoms with Gasteiger partial charge in [-0.2, -0.15) is 0 Å². The van der Waals surface area contributed by atoms with Gasteiger partial charge in [0.15, 0.2) is 0 Å². The number of nitrogen functional groups attached to an aromatic ring is 1. The number of hydrogen-bond donors (Lipinski definition) is 2. The van der Waals surface area contributed by atoms with Gasteiger partial charge in [0, 0.05) is 41.3 Å². The van der Waals surface area contributed by atoms with Gasteiger partial charge in [0.25, 0.3) is 5.91 Å². The fourth-order valence-corrected chi connectivity index (χ4v) is 4.47. The first-order chi connectivity index (χ1) is 12.0. The summed E-state index contributed by atoms with van der Waals surface area (Å²) < 4.78 is 0. The molecule has 4 rings (SSSR count). The molecule has 1 aliphatic heterocycles. The van der Waals surface area contributed by atoms with E-state index in [0.717, 1.165) is 59.0 Å². The van der Waals surface area contributed by atoms with Crippen LogP contribution in [0.25, 0.3) is 10.2 Å². The molecule has 5 nitrogen and oxygen atoms in total. The van der Waals surface area contributed by atoms with Crippen molar-refractivity contribution in [3.63, 3.8) is 0 Å². The van der Waals surface area contributed by atoms with Crippen LogP contribution in [0, 0.1) is 0 Å². The van der Waals surface area contributed by atoms with Gasteiger partial charge in [0.2, 0.25) is 0 Å². The summed E-state index contributed by atoms with van der Waals surface area (Å²) >= 11 is 7.41. The summed E-state index contributed by atoms with van der Waals surface area (Å²) in [6.07, 6.45) is 6.33. The van der Waals surface area contributed by atoms with Gasteiger partial charge in [0.1, 0.15) is 9.71 Å². The largest absolute Gasteiger partial charge is 0.397 e. The van der Waals surface area contributed by atoms with E-state index in [9.17, 15) is 4.79 Å². The molecule has 0 saturated heterocycles. The number of rotatable bonds is 2. The first kappa shape index (κ1) is 16.6. The number of thiophene rings is 1. The van der Waals surface area contributed by atoms with Crippen LogP contribution in [0.3, 0.4) is 0 Å². The van der Waals surface area contributed by atoms with E-state index in [1.54, 1.807) is 6.08 Å². The topological polar surface area (TPSA) is 71.2 Å². The normalized spacial score (nSPS) is 17.8. The average Bonchev–Trinajstić information content (AvgIpc) is 2.89. The van der Waals surface area contributed by atoms with E-state index < -0.39 is 0 Å². The Balaban J connectivity index is 1.67. The molecule has 1 aliphatic carbocycles. The van der Waals surface area contributed by atoms with Crippen LogP contribution in [0.2, 0.25) is 0 Å². The summed E-state index contributed by atoms with van der Waals surface area (Å²) in [6.45, 7) is 1.87. The predicted octanol–water partition coefficient (Wildman–Crippen LogP) is 3.40. The highest BCUT2D eigenvalue weighted by Gasteiger charge is 2.22. The molecular weight excluding hydrogens is 356 g/mol. The number of nitrogens with zero attached hydrogens (tertiary/aromatic N) is 2. The van der Waals surface area contributed by atoms with Crippen LogP contribution >= 0.6 is 22.9 Å². The van der Waals surface area contributed by atoms with Gasteiger partial charge in [-0.25, -0.2) is 4.98 Å². The summed E-state index contributed by atoms with van der Waals surface area (Å²) in [6, 6.07) is 2.09. The lowest BCUT2D eigenvalue weighted by molar-refractivity contribution is 0.0972. The average molecular weight is 375 g/mol. The van der Waals surface area contributed by atoms with Gasteiger partial charge in [-0.3, -0.25) is 4.79 Å². The molecule has 0 unspecified atom stereocenters. The Morgan fingerprint density at radius 1 is 1.44 bits per heavy atom. The molecule has 0 bridgehead atoms. The van der Waals surface area contributed by atoms with Crippen LogP contribution in [0.4, 0.5) is 5.69 Å². The number of pyridine rings is 1. The second-order valence-corrected chi connectivity index (χ2v) is 8.01. The van der Waals surface area contributed by atoms with Crippen molar-refractivity contribution in [1.29, 1.82) is 0 Å². The molecule has 0 fully saturated rings. The Morgan fingerprint density at radius 3 is 3.08 bits per heavy atom. The molecule has 130 valence electrons. The highest BCUT2D eigenvalue weighted by Crippen LogP contribution is 2.35. The number of allylic oxidation sites excluding steroid dienone is 3. The van der Waals surface area contributed by atoms with E-state index in [1.807, 2.05) is 6.08 Å². The van der Waals surface area contributed by atoms with Crippen molar-refractivity contribution in [2.45, 2.75) is 25.8 Å². The summed E-state index contributed by atoms with van der Waals surface area (Å²) in [7, 11) is 2.10. The molecule has 0 atom stereocenters. The maximum Gasteiger partial charge on any atom is 0.267 e. The van der Waals surface area contributed by atoms with Crippen molar-refractivity contribution in [1.82, 2.24) is 15.2 Å². The number of aromatic nitrogens is 1. The van der Waals surface area contributed by atoms with Crippen molar-refractivity contribution >= 4 is 44.7 Å². The number of nitrogens with one attached hydrogen (secondary N) is 1. The third-order valence-electron chi connectivity index (χ3n) is 4.58. The highest BCUT2D eigenvalue weighted by molar-refractivity contribution is 7.21. The van der Waals surface area contributed by atoms with E-state index in [4.69, 9.17) is 22.3 Å². The van der Waals surface area contributed by atoms with E-state index >= 15 is 0 Å². The second kappa shape index (κ2) is 6.44. The van der Waals surface area contributed by atoms with Crippen LogP contribution in [-0.4, -0.2) is 29.4 Å². The number of anilines is 1. The van der Waals surface area contributed by atoms with Gasteiger partial charge in [-0.05, 0) is 37.6 Å². The Morgan fingerprint density at radius 2 is 2.28 bits per heavy atom. The van der Waals surface area contributed by atoms with Gasteiger partial charge in [-0.1, -0.05) is 17.7 Å². The minimum absolute atomic E-state index is 0.204. The van der Waals surface area contributed by atoms with Gasteiger partial charge >= 0.3 is 0 Å². The van der Waals surface area contributed by atoms with Crippen LogP contribution in [0.1, 0.15) is 33.8 Å². The maximum atomic E-state index is 12.7. The zero-order valence-electron chi connectivity index (χ0n) is 13.9. The Kier molecular flexibility index (Phi) is 4.27. The quantitative estimate of drug-likeness (QED) is 0.845. The Bertz CT molecular complexity index is 931. The van der Waals surface area contributed by atoms with E-state index in [0.29, 0.717) is 10.6 Å². The molecular formula is C18H19ClN4OS. The highest BCUT2D eigenvalue weighted by atomic mass is 35.5. The number of likely N-dealkylation sites (N-methyl/N-ethyl adjacent to an activating group) is 1. The Labute approximate surface area is 155 Å². The van der Waals surface area contributed by atoms with Crippen LogP contribution in [0.15, 0.2) is 28.9 Å². The lowest BCUT2D eigenvalue weighted by atomic mass is 10.0. The maximum absolute atomic E-state index is 12.7. The summed E-state index contributed by atoms with van der Waals surface area (Å²) in [4.78, 5) is 21.0. The van der Waals surface area contributed by atoms with E-state index in [2.05, 4.69) is 23.3 Å². The lowest BCUT2D eigenvalue weighted by Crippen LogP contribution is -2.27. The molecule has 1 amide bonds. The lowest BCUT2D eigenvalue weighted by Gasteiger charge is -2.24. The smallest absolute Gasteiger partial charge is 0.267 e. The fourth-order valence-electron chi connectivity index (χ4n) is 3.25. The number of halogens is 1. The van der Waals surface area contributed by atoms with Gasteiger partial charge in [0.05, 0.1) is 5.69 Å². The van der Waals surface area contributed by atoms with Crippen LogP contribution in [0.5, 0.6) is 0 Å². The zero-order valence-corrected chi connectivity index (χ0v) is 15.5. The standard InChI is InChI=1S/C18H19ClN4OS/c1-23-6-5-14-10(9-23)7-13-15(20)16(25-18(13)22-14)17(24)21-12-4-2-3-11(19)8-12/h4,7-8H,2-3,5-6,9,20H2,1H3,(H,21,24). The third-order valence-corrected chi connectivity index (χ3v) is 6.00. The van der Waals surface area contributed by atoms with Gasteiger partial charge < -0.3 is 16.0 Å². The minimum atomic E-state index is -0.204. The number of hydrogen-bond acceptors (Lipinski definition) is 5. The Hall–Kier alpha value is -1.89. The van der Waals surface area contributed by atoms with Crippen molar-refractivity contribution < 1.29 is 4.79 Å². The third kappa shape index (κ3) is 3.17. The molecule has 2 aliphatic rings. The van der Waals surface area contributed by atoms with Gasteiger partial charge in [-0.15, -0.1) is 11.3 Å². The second-order valence-electron chi connectivity index (χ2n) is 6.52. The first-order valence-corrected chi connectivity index (χ1v) is 9.47. The molecule has 0 saturated carbocycles. The molecule has 0 aromatic carbocycles. The zero-order chi connectivity index (χ0) is 17.6. The number of amides is 1. The van der Waals surface area contributed by atoms with Crippen molar-refractivity contribution in [3.8, 4) is 0 Å². The molecule has 3 N–H and O–H groups in total. The number of carbonyl (C=O) groups is 1.